The Morgan fingerprint density at radius 2 is 1.86 bits per heavy atom. The molecule has 1 atom stereocenters. The van der Waals surface area contributed by atoms with Gasteiger partial charge in [0.05, 0.1) is 4.92 Å². The lowest BCUT2D eigenvalue weighted by molar-refractivity contribution is -0.384. The minimum Gasteiger partial charge on any atom is -0.324 e. The highest BCUT2D eigenvalue weighted by molar-refractivity contribution is 6.30. The molecular weight excluding hydrogens is 480 g/mol. The molecule has 1 aliphatic heterocycles. The fourth-order valence-corrected chi connectivity index (χ4v) is 3.92. The summed E-state index contributed by atoms with van der Waals surface area (Å²) < 4.78 is 1.70. The molecular formula is C26H19ClN6O3. The molecule has 0 aliphatic carbocycles. The molecule has 0 unspecified atom stereocenters. The number of halogens is 1. The number of benzene rings is 3. The number of allylic oxidation sites excluding steroid dienone is 1. The fraction of sp³-hybridized carbons (Fsp3) is 0.0385. The normalized spacial score (nSPS) is 14.6. The predicted molar refractivity (Wildman–Crippen MR) is 138 cm³/mol. The molecule has 1 aliphatic rings. The van der Waals surface area contributed by atoms with Crippen LogP contribution in [-0.4, -0.2) is 25.6 Å². The average Bonchev–Trinajstić information content (AvgIpc) is 3.30. The largest absolute Gasteiger partial charge is 0.324 e. The Morgan fingerprint density at radius 3 is 2.61 bits per heavy atom. The number of nitrogens with zero attached hydrogens (tertiary/aromatic N) is 4. The summed E-state index contributed by atoms with van der Waals surface area (Å²) in [4.78, 5) is 27.5. The second kappa shape index (κ2) is 9.85. The molecule has 5 rings (SSSR count). The molecule has 1 amide bonds. The smallest absolute Gasteiger partial charge is 0.270 e. The number of carbonyl (C=O) groups is 1. The van der Waals surface area contributed by atoms with Crippen molar-refractivity contribution in [2.24, 2.45) is 0 Å². The Bertz CT molecular complexity index is 1500. The summed E-state index contributed by atoms with van der Waals surface area (Å²) in [6.45, 7) is 0. The summed E-state index contributed by atoms with van der Waals surface area (Å²) in [5.74, 6) is 0.124. The lowest BCUT2D eigenvalue weighted by Gasteiger charge is -2.24. The topological polar surface area (TPSA) is 115 Å². The van der Waals surface area contributed by atoms with Crippen LogP contribution in [0.1, 0.15) is 22.7 Å². The van der Waals surface area contributed by atoms with Crippen LogP contribution in [0.15, 0.2) is 91.0 Å². The van der Waals surface area contributed by atoms with Crippen LogP contribution in [-0.2, 0) is 4.79 Å². The summed E-state index contributed by atoms with van der Waals surface area (Å²) >= 11 is 6.05. The summed E-state index contributed by atoms with van der Waals surface area (Å²) in [5, 5.41) is 22.0. The van der Waals surface area contributed by atoms with Crippen LogP contribution in [0.3, 0.4) is 0 Å². The number of nitro benzene ring substituents is 1. The third kappa shape index (κ3) is 5.01. The maximum Gasteiger partial charge on any atom is 0.270 e. The van der Waals surface area contributed by atoms with E-state index in [0.717, 1.165) is 16.8 Å². The van der Waals surface area contributed by atoms with E-state index in [9.17, 15) is 14.9 Å². The van der Waals surface area contributed by atoms with Crippen molar-refractivity contribution in [3.63, 3.8) is 0 Å². The summed E-state index contributed by atoms with van der Waals surface area (Å²) in [6.07, 6.45) is 4.80. The molecule has 0 fully saturated rings. The number of rotatable bonds is 6. The highest BCUT2D eigenvalue weighted by atomic mass is 35.5. The zero-order valence-electron chi connectivity index (χ0n) is 18.7. The van der Waals surface area contributed by atoms with Crippen molar-refractivity contribution in [2.75, 3.05) is 10.6 Å². The molecule has 36 heavy (non-hydrogen) atoms. The first-order valence-corrected chi connectivity index (χ1v) is 11.3. The maximum absolute atomic E-state index is 12.5. The number of amides is 1. The summed E-state index contributed by atoms with van der Waals surface area (Å²) in [7, 11) is 0. The third-order valence-corrected chi connectivity index (χ3v) is 5.76. The van der Waals surface area contributed by atoms with E-state index >= 15 is 0 Å². The predicted octanol–water partition coefficient (Wildman–Crippen LogP) is 5.55. The molecule has 9 nitrogen and oxygen atoms in total. The Kier molecular flexibility index (Phi) is 6.29. The van der Waals surface area contributed by atoms with Gasteiger partial charge in [-0.05, 0) is 41.0 Å². The monoisotopic (exact) mass is 498 g/mol. The number of anilines is 2. The molecule has 3 aromatic carbocycles. The molecule has 0 radical (unpaired) electrons. The van der Waals surface area contributed by atoms with E-state index in [0.29, 0.717) is 16.5 Å². The molecule has 0 saturated carbocycles. The molecule has 0 saturated heterocycles. The van der Waals surface area contributed by atoms with Gasteiger partial charge in [0.1, 0.15) is 6.04 Å². The molecule has 178 valence electrons. The van der Waals surface area contributed by atoms with E-state index in [4.69, 9.17) is 11.6 Å². The van der Waals surface area contributed by atoms with E-state index in [1.54, 1.807) is 16.8 Å². The van der Waals surface area contributed by atoms with Crippen molar-refractivity contribution < 1.29 is 9.72 Å². The number of fused-ring (bicyclic) bond motifs is 1. The minimum absolute atomic E-state index is 0.0528. The second-order valence-corrected chi connectivity index (χ2v) is 8.38. The maximum atomic E-state index is 12.5. The van der Waals surface area contributed by atoms with Gasteiger partial charge in [-0.3, -0.25) is 20.2 Å². The van der Waals surface area contributed by atoms with Crippen molar-refractivity contribution in [3.8, 4) is 0 Å². The zero-order valence-corrected chi connectivity index (χ0v) is 19.5. The van der Waals surface area contributed by atoms with Crippen LogP contribution < -0.4 is 10.6 Å². The number of hydrogen-bond donors (Lipinski definition) is 2. The van der Waals surface area contributed by atoms with E-state index in [2.05, 4.69) is 20.7 Å². The van der Waals surface area contributed by atoms with Gasteiger partial charge in [0, 0.05) is 28.9 Å². The second-order valence-electron chi connectivity index (χ2n) is 7.95. The Balaban J connectivity index is 1.40. The van der Waals surface area contributed by atoms with Gasteiger partial charge in [-0.15, -0.1) is 5.10 Å². The zero-order chi connectivity index (χ0) is 25.1. The lowest BCUT2D eigenvalue weighted by Crippen LogP contribution is -2.20. The highest BCUT2D eigenvalue weighted by Crippen LogP contribution is 2.33. The van der Waals surface area contributed by atoms with Crippen molar-refractivity contribution in [3.05, 3.63) is 123 Å². The third-order valence-electron chi connectivity index (χ3n) is 5.51. The molecule has 4 aromatic rings. The van der Waals surface area contributed by atoms with Gasteiger partial charge in [0.25, 0.3) is 17.5 Å². The number of hydrogen-bond acceptors (Lipinski definition) is 6. The molecule has 0 bridgehead atoms. The van der Waals surface area contributed by atoms with Crippen LogP contribution in [0.5, 0.6) is 0 Å². The highest BCUT2D eigenvalue weighted by Gasteiger charge is 2.25. The number of nitro groups is 1. The molecule has 0 spiro atoms. The Morgan fingerprint density at radius 1 is 1.08 bits per heavy atom. The van der Waals surface area contributed by atoms with Crippen LogP contribution in [0.2, 0.25) is 5.02 Å². The van der Waals surface area contributed by atoms with E-state index < -0.39 is 10.8 Å². The van der Waals surface area contributed by atoms with Crippen molar-refractivity contribution in [1.82, 2.24) is 14.8 Å². The van der Waals surface area contributed by atoms with E-state index in [-0.39, 0.29) is 17.7 Å². The Labute approximate surface area is 210 Å². The fourth-order valence-electron chi connectivity index (χ4n) is 3.80. The van der Waals surface area contributed by atoms with Crippen molar-refractivity contribution in [2.45, 2.75) is 6.04 Å². The van der Waals surface area contributed by atoms with Crippen LogP contribution in [0.4, 0.5) is 17.6 Å². The number of nitrogens with one attached hydrogen (secondary N) is 2. The average molecular weight is 499 g/mol. The standard InChI is InChI=1S/C26H19ClN6O3/c27-20-12-10-18(11-13-20)22-16-23(19-6-2-1-3-7-19)32-26(28-22)30-25(31-32)29-24(34)14-9-17-5-4-8-21(15-17)33(35)36/h1-16,23H,(H2,28,29,30,31,34)/b14-9+/t23-/m0/s1. The van der Waals surface area contributed by atoms with Gasteiger partial charge >= 0.3 is 0 Å². The van der Waals surface area contributed by atoms with Gasteiger partial charge in [-0.2, -0.15) is 4.98 Å². The summed E-state index contributed by atoms with van der Waals surface area (Å²) in [5.41, 5.74) is 3.24. The minimum atomic E-state index is -0.487. The number of aromatic nitrogens is 3. The summed E-state index contributed by atoms with van der Waals surface area (Å²) in [6, 6.07) is 23.0. The molecule has 2 N–H and O–H groups in total. The first-order valence-electron chi connectivity index (χ1n) is 11.0. The van der Waals surface area contributed by atoms with E-state index in [1.165, 1.54) is 24.3 Å². The van der Waals surface area contributed by atoms with Gasteiger partial charge in [-0.25, -0.2) is 4.68 Å². The van der Waals surface area contributed by atoms with E-state index in [1.807, 2.05) is 60.7 Å². The number of non-ortho nitro benzene ring substituents is 1. The SMILES string of the molecule is O=C(/C=C/c1cccc([N+](=O)[O-])c1)Nc1nc2n(n1)[C@H](c1ccccc1)C=C(c1ccc(Cl)cc1)N2. The molecule has 1 aromatic heterocycles. The quantitative estimate of drug-likeness (QED) is 0.205. The first kappa shape index (κ1) is 23.0. The van der Waals surface area contributed by atoms with Gasteiger partial charge in [-0.1, -0.05) is 66.2 Å². The number of carbonyl (C=O) groups excluding carboxylic acids is 1. The van der Waals surface area contributed by atoms with Gasteiger partial charge in [0.2, 0.25) is 5.95 Å². The lowest BCUT2D eigenvalue weighted by atomic mass is 10.0. The van der Waals surface area contributed by atoms with Crippen molar-refractivity contribution in [1.29, 1.82) is 0 Å². The van der Waals surface area contributed by atoms with Gasteiger partial charge < -0.3 is 5.32 Å². The van der Waals surface area contributed by atoms with Crippen LogP contribution in [0.25, 0.3) is 11.8 Å². The molecule has 2 heterocycles. The van der Waals surface area contributed by atoms with Crippen LogP contribution in [0, 0.1) is 10.1 Å². The van der Waals surface area contributed by atoms with Crippen molar-refractivity contribution >= 4 is 46.9 Å². The van der Waals surface area contributed by atoms with Crippen LogP contribution >= 0.6 is 11.6 Å². The van der Waals surface area contributed by atoms with Gasteiger partial charge in [0.15, 0.2) is 0 Å². The Hall–Kier alpha value is -4.76. The molecule has 10 heteroatoms. The first-order chi connectivity index (χ1) is 17.5.